The van der Waals surface area contributed by atoms with Gasteiger partial charge in [0.1, 0.15) is 5.02 Å². The van der Waals surface area contributed by atoms with Crippen molar-refractivity contribution in [3.8, 4) is 5.69 Å². The minimum absolute atomic E-state index is 0.0128. The van der Waals surface area contributed by atoms with Gasteiger partial charge >= 0.3 is 5.97 Å². The van der Waals surface area contributed by atoms with Gasteiger partial charge in [0.25, 0.3) is 5.56 Å². The molecule has 0 radical (unpaired) electrons. The maximum atomic E-state index is 12.9. The highest BCUT2D eigenvalue weighted by Crippen LogP contribution is 2.20. The summed E-state index contributed by atoms with van der Waals surface area (Å²) in [4.78, 5) is 23.8. The van der Waals surface area contributed by atoms with Gasteiger partial charge in [-0.2, -0.15) is 14.1 Å². The van der Waals surface area contributed by atoms with Crippen LogP contribution in [0.15, 0.2) is 40.2 Å². The Morgan fingerprint density at radius 3 is 2.43 bits per heavy atom. The normalized spacial score (nSPS) is 12.8. The second-order valence-electron chi connectivity index (χ2n) is 5.90. The molecule has 1 atom stereocenters. The number of hydrogen-bond acceptors (Lipinski definition) is 6. The number of ether oxygens (including phenoxy) is 1. The highest BCUT2D eigenvalue weighted by Gasteiger charge is 2.27. The third-order valence-electron chi connectivity index (χ3n) is 4.03. The molecule has 152 valence electrons. The van der Waals surface area contributed by atoms with E-state index in [2.05, 4.69) is 9.84 Å². The van der Waals surface area contributed by atoms with Crippen molar-refractivity contribution >= 4 is 39.2 Å². The predicted octanol–water partition coefficient (Wildman–Crippen LogP) is 2.36. The van der Waals surface area contributed by atoms with Crippen LogP contribution in [0.5, 0.6) is 0 Å². The first-order chi connectivity index (χ1) is 13.1. The van der Waals surface area contributed by atoms with E-state index < -0.39 is 27.5 Å². The number of halogens is 2. The van der Waals surface area contributed by atoms with Crippen LogP contribution in [0.3, 0.4) is 0 Å². The van der Waals surface area contributed by atoms with E-state index in [1.807, 2.05) is 0 Å². The van der Waals surface area contributed by atoms with Crippen molar-refractivity contribution in [1.29, 1.82) is 0 Å². The van der Waals surface area contributed by atoms with Crippen molar-refractivity contribution < 1.29 is 17.9 Å². The first kappa shape index (κ1) is 22.4. The van der Waals surface area contributed by atoms with Gasteiger partial charge in [0.05, 0.1) is 34.8 Å². The van der Waals surface area contributed by atoms with Crippen LogP contribution >= 0.6 is 23.2 Å². The van der Waals surface area contributed by atoms with E-state index in [0.717, 1.165) is 4.68 Å². The van der Waals surface area contributed by atoms with Crippen molar-refractivity contribution in [2.45, 2.75) is 18.7 Å². The summed E-state index contributed by atoms with van der Waals surface area (Å²) < 4.78 is 32.6. The van der Waals surface area contributed by atoms with Gasteiger partial charge in [0.2, 0.25) is 10.0 Å². The molecule has 1 unspecified atom stereocenters. The molecule has 8 nitrogen and oxygen atoms in total. The molecule has 0 saturated carbocycles. The molecule has 0 saturated heterocycles. The number of methoxy groups -OCH3 is 1. The first-order valence-electron chi connectivity index (χ1n) is 8.25. The average Bonchev–Trinajstić information content (AvgIpc) is 2.69. The summed E-state index contributed by atoms with van der Waals surface area (Å²) in [7, 11) is -2.59. The molecule has 1 aromatic carbocycles. The van der Waals surface area contributed by atoms with Gasteiger partial charge in [0.15, 0.2) is 0 Å². The van der Waals surface area contributed by atoms with Crippen LogP contribution in [0.4, 0.5) is 0 Å². The van der Waals surface area contributed by atoms with E-state index in [0.29, 0.717) is 5.69 Å². The van der Waals surface area contributed by atoms with Crippen molar-refractivity contribution in [1.82, 2.24) is 14.1 Å². The standard InChI is InChI=1S/C17H19Cl2N3O5S/c1-4-21(10-11(2)17(24)27-3)28(25,26)13-7-5-12(6-8-13)22-16(23)15(19)14(18)9-20-22/h5-9,11H,4,10H2,1-3H3. The Labute approximate surface area is 172 Å². The molecule has 0 N–H and O–H groups in total. The van der Waals surface area contributed by atoms with Gasteiger partial charge in [-0.15, -0.1) is 0 Å². The Kier molecular flexibility index (Phi) is 7.22. The largest absolute Gasteiger partial charge is 0.469 e. The van der Waals surface area contributed by atoms with Gasteiger partial charge in [-0.25, -0.2) is 8.42 Å². The Hall–Kier alpha value is -1.94. The predicted molar refractivity (Wildman–Crippen MR) is 105 cm³/mol. The molecule has 0 aliphatic carbocycles. The van der Waals surface area contributed by atoms with E-state index in [1.165, 1.54) is 41.9 Å². The van der Waals surface area contributed by atoms with Crippen LogP contribution in [-0.4, -0.2) is 48.7 Å². The molecule has 0 bridgehead atoms. The van der Waals surface area contributed by atoms with Gasteiger partial charge in [-0.3, -0.25) is 9.59 Å². The highest BCUT2D eigenvalue weighted by molar-refractivity contribution is 7.89. The molecule has 0 fully saturated rings. The molecule has 0 amide bonds. The minimum atomic E-state index is -3.84. The molecular weight excluding hydrogens is 429 g/mol. The number of aromatic nitrogens is 2. The third kappa shape index (κ3) is 4.54. The number of sulfonamides is 1. The smallest absolute Gasteiger partial charge is 0.309 e. The fourth-order valence-corrected chi connectivity index (χ4v) is 4.27. The van der Waals surface area contributed by atoms with Crippen molar-refractivity contribution in [3.63, 3.8) is 0 Å². The highest BCUT2D eigenvalue weighted by atomic mass is 35.5. The van der Waals surface area contributed by atoms with Crippen molar-refractivity contribution in [2.24, 2.45) is 5.92 Å². The maximum absolute atomic E-state index is 12.9. The van der Waals surface area contributed by atoms with E-state index in [4.69, 9.17) is 23.2 Å². The second kappa shape index (κ2) is 9.04. The lowest BCUT2D eigenvalue weighted by molar-refractivity contribution is -0.145. The molecule has 0 aliphatic heterocycles. The zero-order chi connectivity index (χ0) is 21.1. The summed E-state index contributed by atoms with van der Waals surface area (Å²) in [5.41, 5.74) is -0.291. The first-order valence-corrected chi connectivity index (χ1v) is 10.4. The van der Waals surface area contributed by atoms with E-state index in [9.17, 15) is 18.0 Å². The number of rotatable bonds is 7. The van der Waals surface area contributed by atoms with Gasteiger partial charge < -0.3 is 4.74 Å². The fourth-order valence-electron chi connectivity index (χ4n) is 2.48. The number of nitrogens with zero attached hydrogens (tertiary/aromatic N) is 3. The monoisotopic (exact) mass is 447 g/mol. The van der Waals surface area contributed by atoms with Crippen LogP contribution in [-0.2, 0) is 19.6 Å². The lowest BCUT2D eigenvalue weighted by Gasteiger charge is -2.23. The summed E-state index contributed by atoms with van der Waals surface area (Å²) in [5, 5.41) is 3.75. The molecule has 28 heavy (non-hydrogen) atoms. The van der Waals surface area contributed by atoms with E-state index in [-0.39, 0.29) is 28.0 Å². The summed E-state index contributed by atoms with van der Waals surface area (Å²) in [6.45, 7) is 3.44. The summed E-state index contributed by atoms with van der Waals surface area (Å²) in [5.74, 6) is -1.10. The van der Waals surface area contributed by atoms with Crippen molar-refractivity contribution in [3.05, 3.63) is 50.9 Å². The Bertz CT molecular complexity index is 1020. The third-order valence-corrected chi connectivity index (χ3v) is 6.73. The van der Waals surface area contributed by atoms with Gasteiger partial charge in [-0.1, -0.05) is 37.0 Å². The van der Waals surface area contributed by atoms with Gasteiger partial charge in [-0.05, 0) is 24.3 Å². The average molecular weight is 448 g/mol. The Balaban J connectivity index is 2.34. The summed E-state index contributed by atoms with van der Waals surface area (Å²) in [6, 6.07) is 5.58. The zero-order valence-electron chi connectivity index (χ0n) is 15.4. The van der Waals surface area contributed by atoms with Crippen LogP contribution in [0.1, 0.15) is 13.8 Å². The lowest BCUT2D eigenvalue weighted by Crippen LogP contribution is -2.37. The van der Waals surface area contributed by atoms with Crippen LogP contribution in [0.2, 0.25) is 10.0 Å². The molecule has 2 rings (SSSR count). The molecule has 2 aromatic rings. The van der Waals surface area contributed by atoms with Crippen LogP contribution in [0, 0.1) is 5.92 Å². The number of hydrogen-bond donors (Lipinski definition) is 0. The Morgan fingerprint density at radius 1 is 1.29 bits per heavy atom. The molecule has 0 aliphatic rings. The molecule has 0 spiro atoms. The van der Waals surface area contributed by atoms with E-state index >= 15 is 0 Å². The number of benzene rings is 1. The zero-order valence-corrected chi connectivity index (χ0v) is 17.8. The Morgan fingerprint density at radius 2 is 1.89 bits per heavy atom. The SMILES string of the molecule is CCN(CC(C)C(=O)OC)S(=O)(=O)c1ccc(-n2ncc(Cl)c(Cl)c2=O)cc1. The second-order valence-corrected chi connectivity index (χ2v) is 8.62. The molecular formula is C17H19Cl2N3O5S. The summed E-state index contributed by atoms with van der Waals surface area (Å²) >= 11 is 11.6. The molecule has 1 aromatic heterocycles. The lowest BCUT2D eigenvalue weighted by atomic mass is 10.2. The minimum Gasteiger partial charge on any atom is -0.469 e. The summed E-state index contributed by atoms with van der Waals surface area (Å²) in [6.07, 6.45) is 1.23. The fraction of sp³-hybridized carbons (Fsp3) is 0.353. The van der Waals surface area contributed by atoms with Gasteiger partial charge in [0, 0.05) is 13.1 Å². The number of carbonyl (C=O) groups is 1. The van der Waals surface area contributed by atoms with Crippen molar-refractivity contribution in [2.75, 3.05) is 20.2 Å². The van der Waals surface area contributed by atoms with E-state index in [1.54, 1.807) is 13.8 Å². The maximum Gasteiger partial charge on any atom is 0.309 e. The van der Waals surface area contributed by atoms with Crippen LogP contribution in [0.25, 0.3) is 5.69 Å². The molecule has 1 heterocycles. The quantitative estimate of drug-likeness (QED) is 0.604. The number of carbonyl (C=O) groups excluding carboxylic acids is 1. The molecule has 11 heteroatoms. The number of esters is 1. The topological polar surface area (TPSA) is 98.6 Å². The van der Waals surface area contributed by atoms with Crippen LogP contribution < -0.4 is 5.56 Å².